The van der Waals surface area contributed by atoms with Crippen molar-refractivity contribution in [1.82, 2.24) is 5.32 Å². The molecule has 0 bridgehead atoms. The number of rotatable bonds is 5. The van der Waals surface area contributed by atoms with Crippen LogP contribution in [0.5, 0.6) is 0 Å². The van der Waals surface area contributed by atoms with Crippen molar-refractivity contribution in [3.63, 3.8) is 0 Å². The van der Waals surface area contributed by atoms with E-state index in [1.807, 2.05) is 30.3 Å². The van der Waals surface area contributed by atoms with Gasteiger partial charge in [0.25, 0.3) is 0 Å². The molecule has 0 aliphatic carbocycles. The quantitative estimate of drug-likeness (QED) is 0.616. The monoisotopic (exact) mass is 266 g/mol. The lowest BCUT2D eigenvalue weighted by molar-refractivity contribution is -0.150. The highest BCUT2D eigenvalue weighted by Gasteiger charge is 2.32. The minimum absolute atomic E-state index is 0.103. The maximum Gasteiger partial charge on any atom is 0.409 e. The molecule has 0 aliphatic heterocycles. The number of hydrogen-bond donors (Lipinski definition) is 2. The molecule has 1 amide bonds. The molecular formula is C13H18N2O4. The van der Waals surface area contributed by atoms with Crippen molar-refractivity contribution < 1.29 is 19.1 Å². The van der Waals surface area contributed by atoms with Crippen molar-refractivity contribution in [3.8, 4) is 0 Å². The highest BCUT2D eigenvalue weighted by molar-refractivity contribution is 5.84. The number of esters is 1. The van der Waals surface area contributed by atoms with Gasteiger partial charge in [-0.3, -0.25) is 11.1 Å². The van der Waals surface area contributed by atoms with Gasteiger partial charge < -0.3 is 9.47 Å². The van der Waals surface area contributed by atoms with E-state index < -0.39 is 17.7 Å². The molecule has 3 N–H and O–H groups in total. The number of alkyl carbamates (subject to hydrolysis) is 1. The Kier molecular flexibility index (Phi) is 5.32. The molecule has 0 aliphatic rings. The summed E-state index contributed by atoms with van der Waals surface area (Å²) in [5, 5.41) is 2.25. The van der Waals surface area contributed by atoms with Crippen LogP contribution in [0.15, 0.2) is 30.3 Å². The third-order valence-electron chi connectivity index (χ3n) is 2.27. The molecule has 6 nitrogen and oxygen atoms in total. The third kappa shape index (κ3) is 4.97. The molecule has 1 rings (SSSR count). The number of amides is 1. The SMILES string of the molecule is CCOC(=O)[C@](C)(N)NC(=O)OCc1ccccc1. The normalized spacial score (nSPS) is 13.2. The Hall–Kier alpha value is -2.08. The molecule has 0 fully saturated rings. The van der Waals surface area contributed by atoms with E-state index in [9.17, 15) is 9.59 Å². The molecule has 0 saturated carbocycles. The lowest BCUT2D eigenvalue weighted by Crippen LogP contribution is -2.60. The Bertz CT molecular complexity index is 432. The fourth-order valence-corrected chi connectivity index (χ4v) is 1.30. The average molecular weight is 266 g/mol. The molecular weight excluding hydrogens is 248 g/mol. The number of nitrogens with one attached hydrogen (secondary N) is 1. The van der Waals surface area contributed by atoms with Crippen LogP contribution < -0.4 is 11.1 Å². The summed E-state index contributed by atoms with van der Waals surface area (Å²) in [6, 6.07) is 9.17. The summed E-state index contributed by atoms with van der Waals surface area (Å²) in [6.45, 7) is 3.29. The molecule has 0 aromatic heterocycles. The predicted octanol–water partition coefficient (Wildman–Crippen LogP) is 1.15. The molecule has 1 aromatic rings. The molecule has 0 heterocycles. The molecule has 0 saturated heterocycles. The Morgan fingerprint density at radius 3 is 2.47 bits per heavy atom. The Labute approximate surface area is 111 Å². The first kappa shape index (κ1) is 15.0. The maximum atomic E-state index is 11.5. The van der Waals surface area contributed by atoms with Crippen molar-refractivity contribution in [2.45, 2.75) is 26.1 Å². The summed E-state index contributed by atoms with van der Waals surface area (Å²) >= 11 is 0. The topological polar surface area (TPSA) is 90.6 Å². The summed E-state index contributed by atoms with van der Waals surface area (Å²) in [7, 11) is 0. The fraction of sp³-hybridized carbons (Fsp3) is 0.385. The Morgan fingerprint density at radius 2 is 1.89 bits per heavy atom. The van der Waals surface area contributed by atoms with E-state index in [0.717, 1.165) is 5.56 Å². The van der Waals surface area contributed by atoms with Gasteiger partial charge in [0.15, 0.2) is 5.66 Å². The van der Waals surface area contributed by atoms with Gasteiger partial charge in [-0.15, -0.1) is 0 Å². The van der Waals surface area contributed by atoms with Crippen LogP contribution in [0.3, 0.4) is 0 Å². The molecule has 1 atom stereocenters. The van der Waals surface area contributed by atoms with Gasteiger partial charge in [-0.1, -0.05) is 30.3 Å². The van der Waals surface area contributed by atoms with Crippen molar-refractivity contribution in [3.05, 3.63) is 35.9 Å². The van der Waals surface area contributed by atoms with Gasteiger partial charge in [-0.25, -0.2) is 9.59 Å². The summed E-state index contributed by atoms with van der Waals surface area (Å²) < 4.78 is 9.69. The largest absolute Gasteiger partial charge is 0.463 e. The Balaban J connectivity index is 2.44. The van der Waals surface area contributed by atoms with E-state index in [-0.39, 0.29) is 13.2 Å². The van der Waals surface area contributed by atoms with Gasteiger partial charge in [-0.2, -0.15) is 0 Å². The number of nitrogens with two attached hydrogens (primary N) is 1. The number of carbonyl (C=O) groups excluding carboxylic acids is 2. The van der Waals surface area contributed by atoms with Crippen molar-refractivity contribution in [1.29, 1.82) is 0 Å². The van der Waals surface area contributed by atoms with Crippen LogP contribution in [-0.2, 0) is 20.9 Å². The van der Waals surface area contributed by atoms with Crippen LogP contribution >= 0.6 is 0 Å². The first-order valence-electron chi connectivity index (χ1n) is 5.90. The highest BCUT2D eigenvalue weighted by Crippen LogP contribution is 2.03. The first-order chi connectivity index (χ1) is 8.95. The zero-order chi connectivity index (χ0) is 14.3. The maximum absolute atomic E-state index is 11.5. The standard InChI is InChI=1S/C13H18N2O4/c1-3-18-11(16)13(2,14)15-12(17)19-9-10-7-5-4-6-8-10/h4-8H,3,9,14H2,1-2H3,(H,15,17)/t13-/m1/s1. The Morgan fingerprint density at radius 1 is 1.26 bits per heavy atom. The number of hydrogen-bond acceptors (Lipinski definition) is 5. The number of carbonyl (C=O) groups is 2. The summed E-state index contributed by atoms with van der Waals surface area (Å²) in [4.78, 5) is 23.0. The van der Waals surface area contributed by atoms with Gasteiger partial charge >= 0.3 is 12.1 Å². The van der Waals surface area contributed by atoms with Crippen LogP contribution in [-0.4, -0.2) is 24.3 Å². The van der Waals surface area contributed by atoms with E-state index in [1.54, 1.807) is 6.92 Å². The molecule has 1 aromatic carbocycles. The number of ether oxygens (including phenoxy) is 2. The lowest BCUT2D eigenvalue weighted by Gasteiger charge is -2.23. The fourth-order valence-electron chi connectivity index (χ4n) is 1.30. The van der Waals surface area contributed by atoms with Gasteiger partial charge in [0, 0.05) is 0 Å². The molecule has 6 heteroatoms. The smallest absolute Gasteiger partial charge is 0.409 e. The van der Waals surface area contributed by atoms with E-state index >= 15 is 0 Å². The minimum Gasteiger partial charge on any atom is -0.463 e. The van der Waals surface area contributed by atoms with E-state index in [1.165, 1.54) is 6.92 Å². The van der Waals surface area contributed by atoms with Crippen LogP contribution in [0.1, 0.15) is 19.4 Å². The molecule has 19 heavy (non-hydrogen) atoms. The molecule has 0 radical (unpaired) electrons. The van der Waals surface area contributed by atoms with E-state index in [0.29, 0.717) is 0 Å². The summed E-state index contributed by atoms with van der Waals surface area (Å²) in [6.07, 6.45) is -0.776. The van der Waals surface area contributed by atoms with Gasteiger partial charge in [0.05, 0.1) is 6.61 Å². The summed E-state index contributed by atoms with van der Waals surface area (Å²) in [5.74, 6) is -0.716. The zero-order valence-electron chi connectivity index (χ0n) is 11.0. The second-order valence-corrected chi connectivity index (χ2v) is 4.11. The van der Waals surface area contributed by atoms with Crippen LogP contribution in [0, 0.1) is 0 Å². The van der Waals surface area contributed by atoms with E-state index in [2.05, 4.69) is 5.32 Å². The third-order valence-corrected chi connectivity index (χ3v) is 2.27. The molecule has 0 spiro atoms. The van der Waals surface area contributed by atoms with Crippen LogP contribution in [0.2, 0.25) is 0 Å². The summed E-state index contributed by atoms with van der Waals surface area (Å²) in [5.41, 5.74) is 4.86. The molecule has 0 unspecified atom stereocenters. The average Bonchev–Trinajstić information content (AvgIpc) is 2.37. The van der Waals surface area contributed by atoms with Crippen molar-refractivity contribution in [2.24, 2.45) is 5.73 Å². The number of benzene rings is 1. The van der Waals surface area contributed by atoms with Gasteiger partial charge in [0.1, 0.15) is 6.61 Å². The van der Waals surface area contributed by atoms with Gasteiger partial charge in [0.2, 0.25) is 0 Å². The van der Waals surface area contributed by atoms with Crippen molar-refractivity contribution in [2.75, 3.05) is 6.61 Å². The second kappa shape index (κ2) is 6.75. The van der Waals surface area contributed by atoms with E-state index in [4.69, 9.17) is 15.2 Å². The van der Waals surface area contributed by atoms with Crippen LogP contribution in [0.25, 0.3) is 0 Å². The van der Waals surface area contributed by atoms with Crippen LogP contribution in [0.4, 0.5) is 4.79 Å². The second-order valence-electron chi connectivity index (χ2n) is 4.11. The highest BCUT2D eigenvalue weighted by atomic mass is 16.6. The zero-order valence-corrected chi connectivity index (χ0v) is 11.0. The first-order valence-corrected chi connectivity index (χ1v) is 5.90. The minimum atomic E-state index is -1.61. The van der Waals surface area contributed by atoms with Crippen molar-refractivity contribution >= 4 is 12.1 Å². The molecule has 104 valence electrons. The lowest BCUT2D eigenvalue weighted by atomic mass is 10.2. The van der Waals surface area contributed by atoms with Gasteiger partial charge in [-0.05, 0) is 19.4 Å². The predicted molar refractivity (Wildman–Crippen MR) is 69.0 cm³/mol.